The Hall–Kier alpha value is -3.16. The summed E-state index contributed by atoms with van der Waals surface area (Å²) in [5.74, 6) is -2.60. The van der Waals surface area contributed by atoms with E-state index in [-0.39, 0.29) is 11.9 Å². The predicted molar refractivity (Wildman–Crippen MR) is 98.2 cm³/mol. The SMILES string of the molecule is CC[C@H](C)Nc1nc(Nc2c(F)cc(F)cc2F)cc(-c2ccncc2)n1. The summed E-state index contributed by atoms with van der Waals surface area (Å²) in [6.07, 6.45) is 4.07. The Balaban J connectivity index is 2.02. The quantitative estimate of drug-likeness (QED) is 0.643. The molecule has 0 radical (unpaired) electrons. The molecule has 0 unspecified atom stereocenters. The summed E-state index contributed by atoms with van der Waals surface area (Å²) in [4.78, 5) is 12.7. The molecule has 0 bridgehead atoms. The van der Waals surface area contributed by atoms with E-state index >= 15 is 0 Å². The Labute approximate surface area is 154 Å². The van der Waals surface area contributed by atoms with E-state index in [1.165, 1.54) is 0 Å². The minimum atomic E-state index is -1.05. The van der Waals surface area contributed by atoms with E-state index in [0.717, 1.165) is 12.0 Å². The molecule has 5 nitrogen and oxygen atoms in total. The third-order valence-electron chi connectivity index (χ3n) is 3.95. The highest BCUT2D eigenvalue weighted by molar-refractivity contribution is 5.67. The van der Waals surface area contributed by atoms with E-state index in [2.05, 4.69) is 25.6 Å². The molecular weight excluding hydrogens is 355 g/mol. The van der Waals surface area contributed by atoms with Gasteiger partial charge in [-0.15, -0.1) is 0 Å². The molecule has 0 spiro atoms. The first-order chi connectivity index (χ1) is 13.0. The summed E-state index contributed by atoms with van der Waals surface area (Å²) in [5.41, 5.74) is 0.830. The molecule has 0 aliphatic heterocycles. The summed E-state index contributed by atoms with van der Waals surface area (Å²) in [6.45, 7) is 3.97. The first-order valence-corrected chi connectivity index (χ1v) is 8.44. The second-order valence-electron chi connectivity index (χ2n) is 6.02. The van der Waals surface area contributed by atoms with E-state index in [1.807, 2.05) is 13.8 Å². The fourth-order valence-corrected chi connectivity index (χ4v) is 2.36. The van der Waals surface area contributed by atoms with Gasteiger partial charge in [0.1, 0.15) is 17.3 Å². The number of pyridine rings is 1. The second kappa shape index (κ2) is 8.03. The maximum absolute atomic E-state index is 14.0. The third kappa shape index (κ3) is 4.52. The average Bonchev–Trinajstić information content (AvgIpc) is 2.65. The van der Waals surface area contributed by atoms with Crippen LogP contribution in [0.1, 0.15) is 20.3 Å². The van der Waals surface area contributed by atoms with E-state index in [1.54, 1.807) is 30.6 Å². The van der Waals surface area contributed by atoms with Crippen molar-refractivity contribution in [1.82, 2.24) is 15.0 Å². The van der Waals surface area contributed by atoms with Gasteiger partial charge in [-0.3, -0.25) is 4.98 Å². The Kier molecular flexibility index (Phi) is 5.54. The number of hydrogen-bond donors (Lipinski definition) is 2. The maximum atomic E-state index is 14.0. The summed E-state index contributed by atoms with van der Waals surface area (Å²) >= 11 is 0. The molecule has 27 heavy (non-hydrogen) atoms. The molecule has 0 fully saturated rings. The Morgan fingerprint density at radius 1 is 1.00 bits per heavy atom. The zero-order valence-electron chi connectivity index (χ0n) is 14.8. The monoisotopic (exact) mass is 373 g/mol. The average molecular weight is 373 g/mol. The number of nitrogens with zero attached hydrogens (tertiary/aromatic N) is 3. The molecule has 1 aromatic carbocycles. The van der Waals surface area contributed by atoms with E-state index in [0.29, 0.717) is 23.8 Å². The van der Waals surface area contributed by atoms with Gasteiger partial charge in [-0.1, -0.05) is 6.92 Å². The summed E-state index contributed by atoms with van der Waals surface area (Å²) in [6, 6.07) is 6.39. The van der Waals surface area contributed by atoms with Gasteiger partial charge in [-0.25, -0.2) is 18.2 Å². The van der Waals surface area contributed by atoms with Crippen LogP contribution in [0.2, 0.25) is 0 Å². The van der Waals surface area contributed by atoms with Crippen molar-refractivity contribution in [3.8, 4) is 11.3 Å². The highest BCUT2D eigenvalue weighted by Crippen LogP contribution is 2.27. The fraction of sp³-hybridized carbons (Fsp3) is 0.211. The first kappa shape index (κ1) is 18.6. The van der Waals surface area contributed by atoms with Gasteiger partial charge in [0.25, 0.3) is 0 Å². The van der Waals surface area contributed by atoms with Gasteiger partial charge >= 0.3 is 0 Å². The van der Waals surface area contributed by atoms with Gasteiger partial charge in [0.15, 0.2) is 11.6 Å². The van der Waals surface area contributed by atoms with Gasteiger partial charge in [-0.05, 0) is 25.5 Å². The molecule has 2 N–H and O–H groups in total. The number of halogens is 3. The standard InChI is InChI=1S/C19H18F3N5/c1-3-11(2)24-19-25-16(12-4-6-23-7-5-12)10-17(27-19)26-18-14(21)8-13(20)9-15(18)22/h4-11H,3H2,1-2H3,(H2,24,25,26,27)/t11-/m0/s1. The predicted octanol–water partition coefficient (Wildman–Crippen LogP) is 4.91. The summed E-state index contributed by atoms with van der Waals surface area (Å²) < 4.78 is 41.1. The number of nitrogens with one attached hydrogen (secondary N) is 2. The van der Waals surface area contributed by atoms with Crippen LogP contribution in [0.25, 0.3) is 11.3 Å². The molecule has 0 aliphatic rings. The van der Waals surface area contributed by atoms with Crippen LogP contribution in [0.5, 0.6) is 0 Å². The Morgan fingerprint density at radius 2 is 1.67 bits per heavy atom. The van der Waals surface area contributed by atoms with Crippen LogP contribution in [-0.4, -0.2) is 21.0 Å². The van der Waals surface area contributed by atoms with Crippen molar-refractivity contribution < 1.29 is 13.2 Å². The molecule has 8 heteroatoms. The summed E-state index contributed by atoms with van der Waals surface area (Å²) in [5, 5.41) is 5.73. The topological polar surface area (TPSA) is 62.7 Å². The van der Waals surface area contributed by atoms with Crippen molar-refractivity contribution >= 4 is 17.5 Å². The molecule has 0 aliphatic carbocycles. The highest BCUT2D eigenvalue weighted by atomic mass is 19.1. The zero-order valence-corrected chi connectivity index (χ0v) is 14.8. The number of benzene rings is 1. The van der Waals surface area contributed by atoms with Gasteiger partial charge in [0.2, 0.25) is 5.95 Å². The molecule has 0 saturated carbocycles. The molecule has 3 rings (SSSR count). The molecule has 2 aromatic heterocycles. The van der Waals surface area contributed by atoms with Crippen LogP contribution in [0, 0.1) is 17.5 Å². The molecular formula is C19H18F3N5. The normalized spacial score (nSPS) is 11.9. The maximum Gasteiger partial charge on any atom is 0.225 e. The smallest absolute Gasteiger partial charge is 0.225 e. The summed E-state index contributed by atoms with van der Waals surface area (Å²) in [7, 11) is 0. The van der Waals surface area contributed by atoms with Gasteiger partial charge in [0.05, 0.1) is 5.69 Å². The number of anilines is 3. The second-order valence-corrected chi connectivity index (χ2v) is 6.02. The van der Waals surface area contributed by atoms with Gasteiger partial charge in [0, 0.05) is 42.2 Å². The Bertz CT molecular complexity index is 911. The molecule has 2 heterocycles. The van der Waals surface area contributed by atoms with E-state index < -0.39 is 23.1 Å². The van der Waals surface area contributed by atoms with E-state index in [9.17, 15) is 13.2 Å². The number of aromatic nitrogens is 3. The number of rotatable bonds is 6. The van der Waals surface area contributed by atoms with Crippen LogP contribution in [0.3, 0.4) is 0 Å². The lowest BCUT2D eigenvalue weighted by Gasteiger charge is -2.15. The minimum Gasteiger partial charge on any atom is -0.352 e. The lowest BCUT2D eigenvalue weighted by Crippen LogP contribution is -2.16. The first-order valence-electron chi connectivity index (χ1n) is 8.44. The zero-order chi connectivity index (χ0) is 19.4. The van der Waals surface area contributed by atoms with Crippen LogP contribution < -0.4 is 10.6 Å². The third-order valence-corrected chi connectivity index (χ3v) is 3.95. The molecule has 140 valence electrons. The van der Waals surface area contributed by atoms with Crippen LogP contribution in [-0.2, 0) is 0 Å². The van der Waals surface area contributed by atoms with Crippen LogP contribution in [0.15, 0.2) is 42.7 Å². The van der Waals surface area contributed by atoms with Gasteiger partial charge < -0.3 is 10.6 Å². The van der Waals surface area contributed by atoms with Crippen molar-refractivity contribution in [2.45, 2.75) is 26.3 Å². The molecule has 0 saturated heterocycles. The lowest BCUT2D eigenvalue weighted by atomic mass is 10.2. The molecule has 3 aromatic rings. The van der Waals surface area contributed by atoms with Crippen molar-refractivity contribution in [3.05, 3.63) is 60.2 Å². The Morgan fingerprint density at radius 3 is 2.30 bits per heavy atom. The van der Waals surface area contributed by atoms with Crippen molar-refractivity contribution in [2.75, 3.05) is 10.6 Å². The van der Waals surface area contributed by atoms with E-state index in [4.69, 9.17) is 0 Å². The lowest BCUT2D eigenvalue weighted by molar-refractivity contribution is 0.548. The largest absolute Gasteiger partial charge is 0.352 e. The molecule has 0 amide bonds. The van der Waals surface area contributed by atoms with Crippen LogP contribution in [0.4, 0.5) is 30.6 Å². The van der Waals surface area contributed by atoms with Gasteiger partial charge in [-0.2, -0.15) is 4.98 Å². The highest BCUT2D eigenvalue weighted by Gasteiger charge is 2.14. The fourth-order valence-electron chi connectivity index (χ4n) is 2.36. The van der Waals surface area contributed by atoms with Crippen molar-refractivity contribution in [3.63, 3.8) is 0 Å². The molecule has 1 atom stereocenters. The minimum absolute atomic E-state index is 0.102. The van der Waals surface area contributed by atoms with Crippen molar-refractivity contribution in [1.29, 1.82) is 0 Å². The van der Waals surface area contributed by atoms with Crippen LogP contribution >= 0.6 is 0 Å². The number of hydrogen-bond acceptors (Lipinski definition) is 5. The van der Waals surface area contributed by atoms with Crippen molar-refractivity contribution in [2.24, 2.45) is 0 Å².